The summed E-state index contributed by atoms with van der Waals surface area (Å²) in [5, 5.41) is 0. The van der Waals surface area contributed by atoms with Crippen LogP contribution >= 0.6 is 0 Å². The van der Waals surface area contributed by atoms with Gasteiger partial charge in [0.15, 0.2) is 0 Å². The summed E-state index contributed by atoms with van der Waals surface area (Å²) in [5.74, 6) is 0.255. The predicted molar refractivity (Wildman–Crippen MR) is 84.4 cm³/mol. The summed E-state index contributed by atoms with van der Waals surface area (Å²) in [5.41, 5.74) is 1.27. The third-order valence-corrected chi connectivity index (χ3v) is 5.45. The molecule has 1 aliphatic rings. The maximum atomic E-state index is 12.4. The monoisotopic (exact) mass is 291 g/mol. The van der Waals surface area contributed by atoms with Gasteiger partial charge in [-0.2, -0.15) is 0 Å². The first kappa shape index (κ1) is 15.3. The van der Waals surface area contributed by atoms with E-state index in [1.807, 2.05) is 23.1 Å². The van der Waals surface area contributed by atoms with Crippen molar-refractivity contribution in [1.82, 2.24) is 4.90 Å². The van der Waals surface area contributed by atoms with E-state index in [-0.39, 0.29) is 11.9 Å². The molecule has 110 valence electrons. The van der Waals surface area contributed by atoms with Crippen molar-refractivity contribution >= 4 is 14.0 Å². The Labute approximate surface area is 122 Å². The molecule has 20 heavy (non-hydrogen) atoms. The zero-order valence-corrected chi connectivity index (χ0v) is 13.8. The van der Waals surface area contributed by atoms with Crippen molar-refractivity contribution < 1.29 is 9.53 Å². The van der Waals surface area contributed by atoms with Crippen LogP contribution in [0.25, 0.3) is 0 Å². The average molecular weight is 291 g/mol. The van der Waals surface area contributed by atoms with E-state index in [0.29, 0.717) is 19.8 Å². The smallest absolute Gasteiger partial charge is 0.224 e. The minimum atomic E-state index is -1.16. The minimum Gasteiger partial charge on any atom is -0.359 e. The van der Waals surface area contributed by atoms with Crippen LogP contribution in [-0.2, 0) is 16.0 Å². The van der Waals surface area contributed by atoms with Crippen LogP contribution in [0.4, 0.5) is 0 Å². The number of hydrogen-bond acceptors (Lipinski definition) is 2. The lowest BCUT2D eigenvalue weighted by molar-refractivity contribution is -0.132. The molecule has 1 aromatic rings. The molecule has 0 saturated carbocycles. The highest BCUT2D eigenvalue weighted by molar-refractivity contribution is 6.76. The average Bonchev–Trinajstić information content (AvgIpc) is 2.84. The Kier molecular flexibility index (Phi) is 4.99. The van der Waals surface area contributed by atoms with E-state index in [0.717, 1.165) is 12.5 Å². The molecule has 1 atom stereocenters. The Morgan fingerprint density at radius 3 is 2.65 bits per heavy atom. The van der Waals surface area contributed by atoms with Crippen molar-refractivity contribution in [3.63, 3.8) is 0 Å². The lowest BCUT2D eigenvalue weighted by Crippen LogP contribution is -2.38. The maximum Gasteiger partial charge on any atom is 0.224 e. The molecule has 1 heterocycles. The van der Waals surface area contributed by atoms with Gasteiger partial charge in [0, 0.05) is 14.5 Å². The fourth-order valence-corrected chi connectivity index (χ4v) is 3.40. The molecule has 0 bridgehead atoms. The Balaban J connectivity index is 1.92. The van der Waals surface area contributed by atoms with Crippen LogP contribution in [0, 0.1) is 0 Å². The normalized spacial score (nSPS) is 19.4. The summed E-state index contributed by atoms with van der Waals surface area (Å²) >= 11 is 0. The Morgan fingerprint density at radius 2 is 2.00 bits per heavy atom. The van der Waals surface area contributed by atoms with Gasteiger partial charge in [-0.3, -0.25) is 4.79 Å². The highest BCUT2D eigenvalue weighted by Gasteiger charge is 2.30. The van der Waals surface area contributed by atoms with Crippen LogP contribution in [0.1, 0.15) is 12.0 Å². The number of rotatable bonds is 5. The fourth-order valence-electron chi connectivity index (χ4n) is 2.44. The van der Waals surface area contributed by atoms with Gasteiger partial charge in [-0.1, -0.05) is 50.0 Å². The highest BCUT2D eigenvalue weighted by Crippen LogP contribution is 2.19. The van der Waals surface area contributed by atoms with Crippen molar-refractivity contribution in [3.05, 3.63) is 35.9 Å². The molecule has 3 nitrogen and oxygen atoms in total. The molecule has 1 saturated heterocycles. The first-order valence-electron chi connectivity index (χ1n) is 7.37. The number of carbonyl (C=O) groups is 1. The van der Waals surface area contributed by atoms with Crippen LogP contribution < -0.4 is 0 Å². The quantitative estimate of drug-likeness (QED) is 0.780. The maximum absolute atomic E-state index is 12.4. The molecule has 0 unspecified atom stereocenters. The molecule has 0 aromatic heterocycles. The van der Waals surface area contributed by atoms with Gasteiger partial charge < -0.3 is 9.64 Å². The molecule has 1 aromatic carbocycles. The summed E-state index contributed by atoms with van der Waals surface area (Å²) in [4.78, 5) is 14.3. The van der Waals surface area contributed by atoms with Gasteiger partial charge >= 0.3 is 0 Å². The standard InChI is InChI=1S/C16H25NO2Si/c1-20(2,3)10-9-16(18)17-13-19-12-15(17)11-14-7-5-4-6-8-14/h4-8,15H,9-13H2,1-3H3/t15-/m0/s1. The number of ether oxygens (including phenoxy) is 1. The predicted octanol–water partition coefficient (Wildman–Crippen LogP) is 3.14. The lowest BCUT2D eigenvalue weighted by Gasteiger charge is -2.24. The number of nitrogens with zero attached hydrogens (tertiary/aromatic N) is 1. The second-order valence-corrected chi connectivity index (χ2v) is 12.4. The van der Waals surface area contributed by atoms with Gasteiger partial charge in [0.25, 0.3) is 0 Å². The molecular formula is C16H25NO2Si. The van der Waals surface area contributed by atoms with Crippen molar-refractivity contribution in [2.45, 2.75) is 44.6 Å². The van der Waals surface area contributed by atoms with Gasteiger partial charge in [-0.15, -0.1) is 0 Å². The molecule has 0 aliphatic carbocycles. The van der Waals surface area contributed by atoms with Gasteiger partial charge in [0.2, 0.25) is 5.91 Å². The minimum absolute atomic E-state index is 0.200. The first-order valence-corrected chi connectivity index (χ1v) is 11.1. The molecule has 4 heteroatoms. The molecule has 1 aliphatic heterocycles. The lowest BCUT2D eigenvalue weighted by atomic mass is 10.1. The van der Waals surface area contributed by atoms with E-state index in [1.165, 1.54) is 5.56 Å². The topological polar surface area (TPSA) is 29.5 Å². The van der Waals surface area contributed by atoms with E-state index in [2.05, 4.69) is 31.8 Å². The van der Waals surface area contributed by atoms with Gasteiger partial charge in [-0.05, 0) is 18.0 Å². The summed E-state index contributed by atoms with van der Waals surface area (Å²) in [7, 11) is -1.16. The molecule has 0 N–H and O–H groups in total. The SMILES string of the molecule is C[Si](C)(C)CCC(=O)N1COC[C@@H]1Cc1ccccc1. The van der Waals surface area contributed by atoms with Gasteiger partial charge in [0.05, 0.1) is 12.6 Å². The zero-order chi connectivity index (χ0) is 14.6. The zero-order valence-electron chi connectivity index (χ0n) is 12.8. The number of carbonyl (C=O) groups excluding carboxylic acids is 1. The molecule has 0 radical (unpaired) electrons. The summed E-state index contributed by atoms with van der Waals surface area (Å²) in [6, 6.07) is 11.6. The Morgan fingerprint density at radius 1 is 1.30 bits per heavy atom. The van der Waals surface area contributed by atoms with E-state index in [1.54, 1.807) is 0 Å². The van der Waals surface area contributed by atoms with Crippen molar-refractivity contribution in [3.8, 4) is 0 Å². The van der Waals surface area contributed by atoms with Crippen LogP contribution in [0.15, 0.2) is 30.3 Å². The molecule has 2 rings (SSSR count). The third-order valence-electron chi connectivity index (χ3n) is 3.70. The number of benzene rings is 1. The number of hydrogen-bond donors (Lipinski definition) is 0. The van der Waals surface area contributed by atoms with E-state index < -0.39 is 8.07 Å². The highest BCUT2D eigenvalue weighted by atomic mass is 28.3. The molecule has 1 amide bonds. The summed E-state index contributed by atoms with van der Waals surface area (Å²) in [6.07, 6.45) is 1.56. The van der Waals surface area contributed by atoms with Gasteiger partial charge in [0.1, 0.15) is 6.73 Å². The van der Waals surface area contributed by atoms with Crippen molar-refractivity contribution in [2.24, 2.45) is 0 Å². The summed E-state index contributed by atoms with van der Waals surface area (Å²) < 4.78 is 5.51. The van der Waals surface area contributed by atoms with E-state index in [9.17, 15) is 4.79 Å². The van der Waals surface area contributed by atoms with Crippen LogP contribution in [0.5, 0.6) is 0 Å². The third kappa shape index (κ3) is 4.46. The Hall–Kier alpha value is -1.13. The van der Waals surface area contributed by atoms with Crippen LogP contribution in [-0.4, -0.2) is 38.3 Å². The second-order valence-electron chi connectivity index (χ2n) is 6.77. The molecule has 1 fully saturated rings. The van der Waals surface area contributed by atoms with E-state index in [4.69, 9.17) is 4.74 Å². The molecular weight excluding hydrogens is 266 g/mol. The van der Waals surface area contributed by atoms with Crippen LogP contribution in [0.2, 0.25) is 25.7 Å². The second kappa shape index (κ2) is 6.55. The van der Waals surface area contributed by atoms with Crippen LogP contribution in [0.3, 0.4) is 0 Å². The first-order chi connectivity index (χ1) is 9.46. The van der Waals surface area contributed by atoms with Gasteiger partial charge in [-0.25, -0.2) is 0 Å². The van der Waals surface area contributed by atoms with Crippen molar-refractivity contribution in [2.75, 3.05) is 13.3 Å². The van der Waals surface area contributed by atoms with Crippen molar-refractivity contribution in [1.29, 1.82) is 0 Å². The molecule has 0 spiro atoms. The summed E-state index contributed by atoms with van der Waals surface area (Å²) in [6.45, 7) is 8.04. The van der Waals surface area contributed by atoms with E-state index >= 15 is 0 Å². The number of amides is 1. The largest absolute Gasteiger partial charge is 0.359 e. The Bertz CT molecular complexity index is 442. The fraction of sp³-hybridized carbons (Fsp3) is 0.562.